The lowest BCUT2D eigenvalue weighted by molar-refractivity contribution is -0.385. The minimum Gasteiger partial charge on any atom is -0.480 e. The van der Waals surface area contributed by atoms with Crippen molar-refractivity contribution in [3.8, 4) is 0 Å². The van der Waals surface area contributed by atoms with Gasteiger partial charge in [-0.3, -0.25) is 14.9 Å². The average molecular weight is 359 g/mol. The van der Waals surface area contributed by atoms with Gasteiger partial charge in [-0.05, 0) is 27.4 Å². The van der Waals surface area contributed by atoms with Gasteiger partial charge in [0.1, 0.15) is 10.5 Å². The minimum atomic E-state index is -1.17. The van der Waals surface area contributed by atoms with Crippen molar-refractivity contribution in [2.24, 2.45) is 5.41 Å². The van der Waals surface area contributed by atoms with Crippen LogP contribution in [0.2, 0.25) is 0 Å². The van der Waals surface area contributed by atoms with Gasteiger partial charge in [-0.15, -0.1) is 0 Å². The number of carbonyl (C=O) groups is 2. The molecule has 0 aliphatic rings. The monoisotopic (exact) mass is 358 g/mol. The van der Waals surface area contributed by atoms with Crippen LogP contribution in [-0.4, -0.2) is 27.9 Å². The Morgan fingerprint density at radius 3 is 2.38 bits per heavy atom. The molecule has 8 heteroatoms. The number of carbonyl (C=O) groups excluding carboxylic acids is 1. The number of aliphatic carboxylic acids is 1. The third kappa shape index (κ3) is 4.01. The highest BCUT2D eigenvalue weighted by Crippen LogP contribution is 2.29. The van der Waals surface area contributed by atoms with Crippen LogP contribution in [-0.2, 0) is 4.79 Å². The summed E-state index contributed by atoms with van der Waals surface area (Å²) in [6.45, 7) is 5.03. The van der Waals surface area contributed by atoms with Gasteiger partial charge in [0, 0.05) is 6.07 Å². The third-order valence-corrected chi connectivity index (χ3v) is 3.64. The Morgan fingerprint density at radius 1 is 1.38 bits per heavy atom. The molecule has 0 unspecified atom stereocenters. The molecule has 0 aliphatic carbocycles. The number of benzene rings is 1. The number of carboxylic acid groups (broad SMARTS) is 1. The molecule has 1 aromatic carbocycles. The molecular weight excluding hydrogens is 344 g/mol. The molecule has 0 aliphatic heterocycles. The van der Waals surface area contributed by atoms with Crippen molar-refractivity contribution in [1.82, 2.24) is 5.32 Å². The van der Waals surface area contributed by atoms with E-state index in [9.17, 15) is 24.8 Å². The van der Waals surface area contributed by atoms with Gasteiger partial charge in [0.25, 0.3) is 11.6 Å². The molecule has 0 fully saturated rings. The molecular formula is C13H15BrN2O5. The van der Waals surface area contributed by atoms with Gasteiger partial charge < -0.3 is 10.4 Å². The summed E-state index contributed by atoms with van der Waals surface area (Å²) in [5.41, 5.74) is -0.945. The molecule has 2 N–H and O–H groups in total. The van der Waals surface area contributed by atoms with E-state index in [0.29, 0.717) is 0 Å². The number of nitro groups is 1. The maximum atomic E-state index is 12.2. The lowest BCUT2D eigenvalue weighted by Gasteiger charge is -2.27. The molecule has 0 bridgehead atoms. The van der Waals surface area contributed by atoms with Gasteiger partial charge in [-0.1, -0.05) is 26.8 Å². The standard InChI is InChI=1S/C13H15BrN2O5/c1-13(2,3)10(12(18)19)15-11(17)7-5-4-6-8(9(7)14)16(20)21/h4-6,10H,1-3H3,(H,15,17)(H,18,19)/t10-/m0/s1. The van der Waals surface area contributed by atoms with Crippen molar-refractivity contribution in [3.05, 3.63) is 38.3 Å². The summed E-state index contributed by atoms with van der Waals surface area (Å²) in [6, 6.07) is 2.88. The number of carboxylic acids is 1. The van der Waals surface area contributed by atoms with E-state index in [1.165, 1.54) is 18.2 Å². The maximum Gasteiger partial charge on any atom is 0.326 e. The maximum absolute atomic E-state index is 12.2. The smallest absolute Gasteiger partial charge is 0.326 e. The first-order chi connectivity index (χ1) is 9.55. The molecule has 0 heterocycles. The molecule has 0 saturated heterocycles. The van der Waals surface area contributed by atoms with Gasteiger partial charge in [0.05, 0.1) is 10.5 Å². The first-order valence-corrected chi connectivity index (χ1v) is 6.81. The largest absolute Gasteiger partial charge is 0.480 e. The normalized spacial score (nSPS) is 12.6. The van der Waals surface area contributed by atoms with Crippen molar-refractivity contribution in [1.29, 1.82) is 0 Å². The van der Waals surface area contributed by atoms with Crippen molar-refractivity contribution in [2.45, 2.75) is 26.8 Å². The van der Waals surface area contributed by atoms with Crippen LogP contribution < -0.4 is 5.32 Å². The Hall–Kier alpha value is -1.96. The fourth-order valence-electron chi connectivity index (χ4n) is 1.69. The van der Waals surface area contributed by atoms with Crippen molar-refractivity contribution in [3.63, 3.8) is 0 Å². The Kier molecular flexibility index (Phi) is 5.06. The third-order valence-electron chi connectivity index (χ3n) is 2.81. The minimum absolute atomic E-state index is 0.0136. The molecule has 1 amide bonds. The number of hydrogen-bond donors (Lipinski definition) is 2. The summed E-state index contributed by atoms with van der Waals surface area (Å²) in [6.07, 6.45) is 0. The van der Waals surface area contributed by atoms with Gasteiger partial charge in [-0.2, -0.15) is 0 Å². The Balaban J connectivity index is 3.13. The van der Waals surface area contributed by atoms with Gasteiger partial charge >= 0.3 is 5.97 Å². The Morgan fingerprint density at radius 2 is 1.95 bits per heavy atom. The van der Waals surface area contributed by atoms with Crippen molar-refractivity contribution in [2.75, 3.05) is 0 Å². The molecule has 0 aromatic heterocycles. The molecule has 7 nitrogen and oxygen atoms in total. The van der Waals surface area contributed by atoms with E-state index in [-0.39, 0.29) is 15.7 Å². The van der Waals surface area contributed by atoms with E-state index in [1.807, 2.05) is 0 Å². The van der Waals surface area contributed by atoms with Gasteiger partial charge in [-0.25, -0.2) is 4.79 Å². The Bertz CT molecular complexity index is 595. The summed E-state index contributed by atoms with van der Waals surface area (Å²) >= 11 is 3.01. The summed E-state index contributed by atoms with van der Waals surface area (Å²) in [4.78, 5) is 33.6. The number of hydrogen-bond acceptors (Lipinski definition) is 4. The second-order valence-electron chi connectivity index (χ2n) is 5.51. The predicted octanol–water partition coefficient (Wildman–Crippen LogP) is 2.59. The average Bonchev–Trinajstić information content (AvgIpc) is 2.33. The number of amides is 1. The van der Waals surface area contributed by atoms with Crippen LogP contribution in [0.25, 0.3) is 0 Å². The van der Waals surface area contributed by atoms with Crippen molar-refractivity contribution < 1.29 is 19.6 Å². The van der Waals surface area contributed by atoms with E-state index >= 15 is 0 Å². The molecule has 21 heavy (non-hydrogen) atoms. The lowest BCUT2D eigenvalue weighted by Crippen LogP contribution is -2.49. The molecule has 114 valence electrons. The van der Waals surface area contributed by atoms with Crippen LogP contribution >= 0.6 is 15.9 Å². The molecule has 1 atom stereocenters. The summed E-state index contributed by atoms with van der Waals surface area (Å²) in [7, 11) is 0. The van der Waals surface area contributed by atoms with Crippen LogP contribution in [0.3, 0.4) is 0 Å². The fourth-order valence-corrected chi connectivity index (χ4v) is 2.28. The SMILES string of the molecule is CC(C)(C)[C@@H](NC(=O)c1cccc([N+](=O)[O-])c1Br)C(=O)O. The Labute approximate surface area is 129 Å². The van der Waals surface area contributed by atoms with Crippen LogP contribution in [0.5, 0.6) is 0 Å². The van der Waals surface area contributed by atoms with E-state index in [0.717, 1.165) is 0 Å². The fraction of sp³-hybridized carbons (Fsp3) is 0.385. The van der Waals surface area contributed by atoms with Crippen LogP contribution in [0.1, 0.15) is 31.1 Å². The van der Waals surface area contributed by atoms with Crippen LogP contribution in [0, 0.1) is 15.5 Å². The first kappa shape index (κ1) is 17.1. The van der Waals surface area contributed by atoms with Gasteiger partial charge in [0.2, 0.25) is 0 Å². The highest BCUT2D eigenvalue weighted by molar-refractivity contribution is 9.10. The van der Waals surface area contributed by atoms with E-state index in [2.05, 4.69) is 21.2 Å². The second-order valence-corrected chi connectivity index (χ2v) is 6.30. The zero-order valence-electron chi connectivity index (χ0n) is 11.7. The van der Waals surface area contributed by atoms with Crippen LogP contribution in [0.15, 0.2) is 22.7 Å². The zero-order valence-corrected chi connectivity index (χ0v) is 13.3. The molecule has 0 spiro atoms. The summed E-state index contributed by atoms with van der Waals surface area (Å²) in [5, 5.41) is 22.4. The number of rotatable bonds is 4. The highest BCUT2D eigenvalue weighted by atomic mass is 79.9. The second kappa shape index (κ2) is 6.21. The highest BCUT2D eigenvalue weighted by Gasteiger charge is 2.33. The summed E-state index contributed by atoms with van der Waals surface area (Å²) < 4.78 is 0.0190. The number of nitrogens with one attached hydrogen (secondary N) is 1. The predicted molar refractivity (Wildman–Crippen MR) is 79.1 cm³/mol. The van der Waals surface area contributed by atoms with E-state index < -0.39 is 28.3 Å². The molecule has 1 rings (SSSR count). The lowest BCUT2D eigenvalue weighted by atomic mass is 9.86. The summed E-state index contributed by atoms with van der Waals surface area (Å²) in [5.74, 6) is -1.86. The number of nitrogens with zero attached hydrogens (tertiary/aromatic N) is 1. The van der Waals surface area contributed by atoms with E-state index in [1.54, 1.807) is 20.8 Å². The number of halogens is 1. The van der Waals surface area contributed by atoms with Crippen molar-refractivity contribution >= 4 is 33.5 Å². The van der Waals surface area contributed by atoms with Crippen LogP contribution in [0.4, 0.5) is 5.69 Å². The van der Waals surface area contributed by atoms with E-state index in [4.69, 9.17) is 0 Å². The molecule has 0 radical (unpaired) electrons. The zero-order chi connectivity index (χ0) is 16.4. The quantitative estimate of drug-likeness (QED) is 0.634. The number of nitro benzene ring substituents is 1. The molecule has 0 saturated carbocycles. The molecule has 1 aromatic rings. The topological polar surface area (TPSA) is 110 Å². The van der Waals surface area contributed by atoms with Gasteiger partial charge in [0.15, 0.2) is 0 Å². The first-order valence-electron chi connectivity index (χ1n) is 6.02.